The first-order valence-corrected chi connectivity index (χ1v) is 7.99. The van der Waals surface area contributed by atoms with E-state index in [1.165, 1.54) is 0 Å². The van der Waals surface area contributed by atoms with Crippen molar-refractivity contribution >= 4 is 5.78 Å². The van der Waals surface area contributed by atoms with Crippen LogP contribution in [-0.4, -0.2) is 28.7 Å². The van der Waals surface area contributed by atoms with E-state index in [4.69, 9.17) is 0 Å². The van der Waals surface area contributed by atoms with Gasteiger partial charge in [-0.15, -0.1) is 0 Å². The number of carbonyl (C=O) groups is 1. The maximum Gasteiger partial charge on any atom is 0.139 e. The first-order valence-electron chi connectivity index (χ1n) is 7.99. The molecule has 0 saturated carbocycles. The number of piperidine rings is 1. The summed E-state index contributed by atoms with van der Waals surface area (Å²) in [4.78, 5) is 12.1. The van der Waals surface area contributed by atoms with Crippen molar-refractivity contribution in [1.29, 1.82) is 0 Å². The molecule has 0 unspecified atom stereocenters. The summed E-state index contributed by atoms with van der Waals surface area (Å²) in [5.41, 5.74) is 0.927. The topological polar surface area (TPSA) is 46.9 Å². The minimum absolute atomic E-state index is 0.340. The molecule has 2 rings (SSSR count). The fraction of sp³-hybridized carbons (Fsp3) is 0.750. The molecule has 1 aromatic rings. The van der Waals surface area contributed by atoms with E-state index in [1.807, 2.05) is 16.9 Å². The molecule has 20 heavy (non-hydrogen) atoms. The second kappa shape index (κ2) is 7.58. The first kappa shape index (κ1) is 15.2. The molecule has 2 heterocycles. The van der Waals surface area contributed by atoms with Crippen molar-refractivity contribution < 1.29 is 4.79 Å². The lowest BCUT2D eigenvalue weighted by Crippen LogP contribution is -2.29. The Labute approximate surface area is 121 Å². The van der Waals surface area contributed by atoms with E-state index in [0.717, 1.165) is 50.9 Å². The minimum atomic E-state index is 0.340. The van der Waals surface area contributed by atoms with E-state index in [1.54, 1.807) is 0 Å². The van der Waals surface area contributed by atoms with Crippen LogP contribution in [0.4, 0.5) is 0 Å². The summed E-state index contributed by atoms with van der Waals surface area (Å²) in [7, 11) is 0. The summed E-state index contributed by atoms with van der Waals surface area (Å²) in [6.45, 7) is 6.47. The molecule has 1 fully saturated rings. The fourth-order valence-corrected chi connectivity index (χ4v) is 3.02. The molecule has 0 spiro atoms. The molecule has 4 nitrogen and oxygen atoms in total. The van der Waals surface area contributed by atoms with Crippen molar-refractivity contribution in [1.82, 2.24) is 15.1 Å². The number of hydrogen-bond donors (Lipinski definition) is 1. The lowest BCUT2D eigenvalue weighted by molar-refractivity contribution is -0.119. The van der Waals surface area contributed by atoms with Gasteiger partial charge in [-0.3, -0.25) is 9.48 Å². The maximum absolute atomic E-state index is 12.1. The molecule has 0 aromatic carbocycles. The van der Waals surface area contributed by atoms with Crippen LogP contribution in [0.25, 0.3) is 0 Å². The van der Waals surface area contributed by atoms with Crippen LogP contribution in [0.1, 0.15) is 57.7 Å². The SMILES string of the molecule is CCC(CC)n1ccc(CC(=O)CC2CCNCC2)n1. The number of nitrogens with one attached hydrogen (secondary N) is 1. The molecule has 0 bridgehead atoms. The lowest BCUT2D eigenvalue weighted by atomic mass is 9.91. The Hall–Kier alpha value is -1.16. The number of rotatable bonds is 7. The third-order valence-corrected chi connectivity index (χ3v) is 4.33. The highest BCUT2D eigenvalue weighted by molar-refractivity contribution is 5.80. The zero-order valence-corrected chi connectivity index (χ0v) is 12.8. The van der Waals surface area contributed by atoms with Gasteiger partial charge in [-0.1, -0.05) is 13.8 Å². The van der Waals surface area contributed by atoms with Gasteiger partial charge in [-0.05, 0) is 50.8 Å². The Morgan fingerprint density at radius 1 is 1.40 bits per heavy atom. The van der Waals surface area contributed by atoms with Crippen LogP contribution >= 0.6 is 0 Å². The van der Waals surface area contributed by atoms with E-state index in [0.29, 0.717) is 24.2 Å². The Bertz CT molecular complexity index is 417. The van der Waals surface area contributed by atoms with E-state index < -0.39 is 0 Å². The number of carbonyl (C=O) groups excluding carboxylic acids is 1. The highest BCUT2D eigenvalue weighted by Gasteiger charge is 2.18. The van der Waals surface area contributed by atoms with Gasteiger partial charge in [-0.25, -0.2) is 0 Å². The van der Waals surface area contributed by atoms with Gasteiger partial charge in [0.25, 0.3) is 0 Å². The number of Topliss-reactive ketones (excluding diaryl/α,β-unsaturated/α-hetero) is 1. The third kappa shape index (κ3) is 4.17. The van der Waals surface area contributed by atoms with Crippen molar-refractivity contribution in [3.05, 3.63) is 18.0 Å². The summed E-state index contributed by atoms with van der Waals surface area (Å²) < 4.78 is 2.02. The summed E-state index contributed by atoms with van der Waals surface area (Å²) in [5.74, 6) is 0.913. The van der Waals surface area contributed by atoms with Crippen molar-refractivity contribution in [3.63, 3.8) is 0 Å². The lowest BCUT2D eigenvalue weighted by Gasteiger charge is -2.21. The summed E-state index contributed by atoms with van der Waals surface area (Å²) in [6, 6.07) is 2.46. The zero-order valence-electron chi connectivity index (χ0n) is 12.8. The Morgan fingerprint density at radius 2 is 2.10 bits per heavy atom. The molecule has 4 heteroatoms. The Morgan fingerprint density at radius 3 is 2.75 bits per heavy atom. The second-order valence-corrected chi connectivity index (χ2v) is 5.87. The Balaban J connectivity index is 1.84. The van der Waals surface area contributed by atoms with E-state index in [2.05, 4.69) is 24.3 Å². The van der Waals surface area contributed by atoms with E-state index in [-0.39, 0.29) is 0 Å². The van der Waals surface area contributed by atoms with Gasteiger partial charge in [-0.2, -0.15) is 5.10 Å². The van der Waals surface area contributed by atoms with Crippen LogP contribution < -0.4 is 5.32 Å². The molecule has 112 valence electrons. The van der Waals surface area contributed by atoms with Gasteiger partial charge in [0.15, 0.2) is 0 Å². The van der Waals surface area contributed by atoms with Gasteiger partial charge < -0.3 is 5.32 Å². The monoisotopic (exact) mass is 277 g/mol. The summed E-state index contributed by atoms with van der Waals surface area (Å²) >= 11 is 0. The molecular weight excluding hydrogens is 250 g/mol. The van der Waals surface area contributed by atoms with Crippen molar-refractivity contribution in [2.75, 3.05) is 13.1 Å². The summed E-state index contributed by atoms with van der Waals surface area (Å²) in [6.07, 6.45) is 7.67. The number of aromatic nitrogens is 2. The first-order chi connectivity index (χ1) is 9.72. The molecule has 0 amide bonds. The molecule has 1 aromatic heterocycles. The average Bonchev–Trinajstić information content (AvgIpc) is 2.89. The van der Waals surface area contributed by atoms with Crippen LogP contribution in [0.15, 0.2) is 12.3 Å². The van der Waals surface area contributed by atoms with Crippen molar-refractivity contribution in [3.8, 4) is 0 Å². The number of nitrogens with zero attached hydrogens (tertiary/aromatic N) is 2. The van der Waals surface area contributed by atoms with Gasteiger partial charge in [0, 0.05) is 12.6 Å². The highest BCUT2D eigenvalue weighted by Crippen LogP contribution is 2.18. The minimum Gasteiger partial charge on any atom is -0.317 e. The molecule has 1 N–H and O–H groups in total. The normalized spacial score (nSPS) is 16.8. The molecular formula is C16H27N3O. The van der Waals surface area contributed by atoms with Gasteiger partial charge in [0.1, 0.15) is 5.78 Å². The average molecular weight is 277 g/mol. The van der Waals surface area contributed by atoms with Crippen LogP contribution in [0, 0.1) is 5.92 Å². The summed E-state index contributed by atoms with van der Waals surface area (Å²) in [5, 5.41) is 7.91. The highest BCUT2D eigenvalue weighted by atomic mass is 16.1. The van der Waals surface area contributed by atoms with Crippen molar-refractivity contribution in [2.24, 2.45) is 5.92 Å². The number of ketones is 1. The third-order valence-electron chi connectivity index (χ3n) is 4.33. The van der Waals surface area contributed by atoms with Crippen LogP contribution in [0.5, 0.6) is 0 Å². The van der Waals surface area contributed by atoms with Gasteiger partial charge >= 0.3 is 0 Å². The predicted octanol–water partition coefficient (Wildman–Crippen LogP) is 2.75. The Kier molecular flexibility index (Phi) is 5.77. The second-order valence-electron chi connectivity index (χ2n) is 5.87. The van der Waals surface area contributed by atoms with Crippen LogP contribution in [-0.2, 0) is 11.2 Å². The van der Waals surface area contributed by atoms with Crippen LogP contribution in [0.2, 0.25) is 0 Å². The molecule has 1 aliphatic rings. The maximum atomic E-state index is 12.1. The van der Waals surface area contributed by atoms with Crippen LogP contribution in [0.3, 0.4) is 0 Å². The molecule has 0 radical (unpaired) electrons. The van der Waals surface area contributed by atoms with Gasteiger partial charge in [0.2, 0.25) is 0 Å². The van der Waals surface area contributed by atoms with Gasteiger partial charge in [0.05, 0.1) is 18.2 Å². The largest absolute Gasteiger partial charge is 0.317 e. The van der Waals surface area contributed by atoms with E-state index in [9.17, 15) is 4.79 Å². The molecule has 0 aliphatic carbocycles. The number of hydrogen-bond acceptors (Lipinski definition) is 3. The molecule has 0 atom stereocenters. The quantitative estimate of drug-likeness (QED) is 0.833. The van der Waals surface area contributed by atoms with E-state index >= 15 is 0 Å². The van der Waals surface area contributed by atoms with Crippen molar-refractivity contribution in [2.45, 2.75) is 58.4 Å². The predicted molar refractivity (Wildman–Crippen MR) is 80.8 cm³/mol. The zero-order chi connectivity index (χ0) is 14.4. The standard InChI is InChI=1S/C16H27N3O/c1-3-15(4-2)19-10-7-14(18-19)12-16(20)11-13-5-8-17-9-6-13/h7,10,13,15,17H,3-6,8-9,11-12H2,1-2H3. The smallest absolute Gasteiger partial charge is 0.139 e. The molecule has 1 aliphatic heterocycles. The fourth-order valence-electron chi connectivity index (χ4n) is 3.02. The molecule has 1 saturated heterocycles.